The highest BCUT2D eigenvalue weighted by Gasteiger charge is 2.47. The number of rotatable bonds is 5. The van der Waals surface area contributed by atoms with Gasteiger partial charge in [0, 0.05) is 41.5 Å². The molecule has 196 valence electrons. The molecule has 2 aromatic heterocycles. The maximum Gasteiger partial charge on any atom is 0.387 e. The predicted molar refractivity (Wildman–Crippen MR) is 136 cm³/mol. The van der Waals surface area contributed by atoms with E-state index in [0.717, 1.165) is 28.0 Å². The van der Waals surface area contributed by atoms with Gasteiger partial charge in [0.1, 0.15) is 17.2 Å². The van der Waals surface area contributed by atoms with Crippen molar-refractivity contribution in [3.05, 3.63) is 71.6 Å². The summed E-state index contributed by atoms with van der Waals surface area (Å²) in [7, 11) is 0. The Bertz CT molecular complexity index is 1560. The predicted octanol–water partition coefficient (Wildman–Crippen LogP) is 5.22. The number of hydrogen-bond donors (Lipinski definition) is 1. The fourth-order valence-electron chi connectivity index (χ4n) is 5.70. The molecular weight excluding hydrogens is 492 g/mol. The van der Waals surface area contributed by atoms with E-state index < -0.39 is 18.3 Å². The van der Waals surface area contributed by atoms with Gasteiger partial charge >= 0.3 is 6.61 Å². The standard InChI is InChI=1S/C28H27F2N5O3/c1-14(2)34-21-11-20(23-17(25(34)36)6-5-7-22(23)38-27(29)30)35-19-10-15(8-9-18(19)33-24(21)35)16-12-31-26(32-13-16)28(3,4)37/h5-10,12-14,20-21,27,37H,11H2,1-4H3/t20-,21-/m1/s1. The topological polar surface area (TPSA) is 93.4 Å². The normalized spacial score (nSPS) is 18.8. The molecular formula is C28H27F2N5O3. The maximum absolute atomic E-state index is 13.7. The van der Waals surface area contributed by atoms with Crippen molar-refractivity contribution < 1.29 is 23.4 Å². The van der Waals surface area contributed by atoms with Crippen molar-refractivity contribution in [3.63, 3.8) is 0 Å². The van der Waals surface area contributed by atoms with Gasteiger partial charge in [-0.25, -0.2) is 15.0 Å². The van der Waals surface area contributed by atoms with Crippen LogP contribution in [0.4, 0.5) is 8.78 Å². The first-order chi connectivity index (χ1) is 18.0. The summed E-state index contributed by atoms with van der Waals surface area (Å²) in [6, 6.07) is 9.67. The molecule has 2 bridgehead atoms. The van der Waals surface area contributed by atoms with Crippen LogP contribution in [0, 0.1) is 0 Å². The number of fused-ring (bicyclic) bond motifs is 9. The number of amides is 1. The van der Waals surface area contributed by atoms with Crippen LogP contribution in [0.1, 0.15) is 73.8 Å². The number of imidazole rings is 1. The first-order valence-electron chi connectivity index (χ1n) is 12.5. The van der Waals surface area contributed by atoms with Crippen molar-refractivity contribution in [1.29, 1.82) is 0 Å². The van der Waals surface area contributed by atoms with Gasteiger partial charge in [0.05, 0.1) is 23.1 Å². The van der Waals surface area contributed by atoms with Crippen LogP contribution in [-0.2, 0) is 5.60 Å². The minimum absolute atomic E-state index is 0.00154. The van der Waals surface area contributed by atoms with Crippen LogP contribution in [0.15, 0.2) is 48.8 Å². The second-order valence-electron chi connectivity index (χ2n) is 10.6. The van der Waals surface area contributed by atoms with Gasteiger partial charge in [-0.2, -0.15) is 8.78 Å². The number of carbonyl (C=O) groups is 1. The second kappa shape index (κ2) is 8.56. The van der Waals surface area contributed by atoms with Gasteiger partial charge in [0.15, 0.2) is 5.82 Å². The van der Waals surface area contributed by atoms with E-state index in [1.807, 2.05) is 32.0 Å². The first-order valence-corrected chi connectivity index (χ1v) is 12.5. The van der Waals surface area contributed by atoms with Gasteiger partial charge in [-0.3, -0.25) is 4.79 Å². The third-order valence-corrected chi connectivity index (χ3v) is 7.28. The molecule has 0 spiro atoms. The molecule has 2 aliphatic rings. The molecule has 0 fully saturated rings. The highest BCUT2D eigenvalue weighted by molar-refractivity contribution is 5.98. The Morgan fingerprint density at radius 2 is 1.82 bits per heavy atom. The van der Waals surface area contributed by atoms with Crippen molar-refractivity contribution in [3.8, 4) is 16.9 Å². The summed E-state index contributed by atoms with van der Waals surface area (Å²) in [5, 5.41) is 10.2. The molecule has 0 aliphatic carbocycles. The molecule has 2 aliphatic heterocycles. The first kappa shape index (κ1) is 24.4. The van der Waals surface area contributed by atoms with Crippen LogP contribution in [0.25, 0.3) is 22.2 Å². The van der Waals surface area contributed by atoms with Crippen LogP contribution in [-0.4, -0.2) is 48.1 Å². The summed E-state index contributed by atoms with van der Waals surface area (Å²) < 4.78 is 33.8. The Kier molecular flexibility index (Phi) is 5.50. The molecule has 8 nitrogen and oxygen atoms in total. The van der Waals surface area contributed by atoms with E-state index in [4.69, 9.17) is 9.72 Å². The molecule has 10 heteroatoms. The third-order valence-electron chi connectivity index (χ3n) is 7.28. The second-order valence-corrected chi connectivity index (χ2v) is 10.6. The summed E-state index contributed by atoms with van der Waals surface area (Å²) >= 11 is 0. The number of aliphatic hydroxyl groups is 1. The van der Waals surface area contributed by atoms with Crippen LogP contribution in [0.5, 0.6) is 5.75 Å². The number of hydrogen-bond acceptors (Lipinski definition) is 6. The Morgan fingerprint density at radius 3 is 2.47 bits per heavy atom. The molecule has 38 heavy (non-hydrogen) atoms. The third kappa shape index (κ3) is 3.74. The molecule has 0 unspecified atom stereocenters. The van der Waals surface area contributed by atoms with E-state index in [2.05, 4.69) is 14.5 Å². The van der Waals surface area contributed by atoms with Gasteiger partial charge in [-0.15, -0.1) is 0 Å². The Labute approximate surface area is 217 Å². The van der Waals surface area contributed by atoms with Gasteiger partial charge in [-0.1, -0.05) is 12.1 Å². The van der Waals surface area contributed by atoms with E-state index in [0.29, 0.717) is 23.4 Å². The molecule has 4 heterocycles. The fraction of sp³-hybridized carbons (Fsp3) is 0.357. The van der Waals surface area contributed by atoms with Crippen LogP contribution in [0.3, 0.4) is 0 Å². The van der Waals surface area contributed by atoms with Gasteiger partial charge in [0.2, 0.25) is 0 Å². The zero-order valence-electron chi connectivity index (χ0n) is 21.4. The summed E-state index contributed by atoms with van der Waals surface area (Å²) in [6.45, 7) is 4.12. The molecule has 1 amide bonds. The van der Waals surface area contributed by atoms with Crippen molar-refractivity contribution in [2.75, 3.05) is 0 Å². The number of ether oxygens (including phenoxy) is 1. The zero-order valence-corrected chi connectivity index (χ0v) is 21.4. The highest BCUT2D eigenvalue weighted by Crippen LogP contribution is 2.51. The molecule has 4 aromatic rings. The lowest BCUT2D eigenvalue weighted by Crippen LogP contribution is -2.39. The number of alkyl halides is 2. The van der Waals surface area contributed by atoms with Gasteiger partial charge in [-0.05, 0) is 57.5 Å². The smallest absolute Gasteiger partial charge is 0.387 e. The molecule has 0 saturated carbocycles. The highest BCUT2D eigenvalue weighted by atomic mass is 19.3. The average molecular weight is 520 g/mol. The number of halogens is 2. The van der Waals surface area contributed by atoms with Crippen molar-refractivity contribution in [2.45, 2.75) is 64.5 Å². The van der Waals surface area contributed by atoms with E-state index >= 15 is 0 Å². The van der Waals surface area contributed by atoms with Crippen molar-refractivity contribution in [2.24, 2.45) is 0 Å². The van der Waals surface area contributed by atoms with Crippen LogP contribution in [0.2, 0.25) is 0 Å². The number of nitrogens with zero attached hydrogens (tertiary/aromatic N) is 5. The molecule has 0 radical (unpaired) electrons. The lowest BCUT2D eigenvalue weighted by atomic mass is 9.97. The summed E-state index contributed by atoms with van der Waals surface area (Å²) in [5.41, 5.74) is 2.81. The lowest BCUT2D eigenvalue weighted by molar-refractivity contribution is -0.0507. The Hall–Kier alpha value is -3.92. The summed E-state index contributed by atoms with van der Waals surface area (Å²) in [5.74, 6) is 0.821. The van der Waals surface area contributed by atoms with E-state index in [1.54, 1.807) is 43.3 Å². The quantitative estimate of drug-likeness (QED) is 0.389. The van der Waals surface area contributed by atoms with E-state index in [-0.39, 0.29) is 23.7 Å². The largest absolute Gasteiger partial charge is 0.434 e. The molecule has 6 rings (SSSR count). The Morgan fingerprint density at radius 1 is 1.08 bits per heavy atom. The lowest BCUT2D eigenvalue weighted by Gasteiger charge is -2.31. The molecule has 2 aromatic carbocycles. The summed E-state index contributed by atoms with van der Waals surface area (Å²) in [4.78, 5) is 29.0. The average Bonchev–Trinajstić information content (AvgIpc) is 3.36. The molecule has 1 N–H and O–H groups in total. The molecule has 2 atom stereocenters. The monoisotopic (exact) mass is 519 g/mol. The van der Waals surface area contributed by atoms with Gasteiger partial charge < -0.3 is 19.3 Å². The summed E-state index contributed by atoms with van der Waals surface area (Å²) in [6.07, 6.45) is 3.83. The SMILES string of the molecule is CC(C)N1C(=O)c2cccc(OC(F)F)c2[C@H]2C[C@@H]1c1nc3ccc(-c4cnc(C(C)(C)O)nc4)cc3n12. The zero-order chi connectivity index (χ0) is 26.9. The Balaban J connectivity index is 1.55. The van der Waals surface area contributed by atoms with E-state index in [1.165, 1.54) is 6.07 Å². The van der Waals surface area contributed by atoms with Crippen molar-refractivity contribution >= 4 is 16.9 Å². The fourth-order valence-corrected chi connectivity index (χ4v) is 5.70. The van der Waals surface area contributed by atoms with Crippen LogP contribution < -0.4 is 4.74 Å². The van der Waals surface area contributed by atoms with Crippen molar-refractivity contribution in [1.82, 2.24) is 24.4 Å². The minimum atomic E-state index is -3.02. The maximum atomic E-state index is 13.7. The minimum Gasteiger partial charge on any atom is -0.434 e. The number of benzene rings is 2. The number of aromatic nitrogens is 4. The van der Waals surface area contributed by atoms with Crippen LogP contribution >= 0.6 is 0 Å². The molecule has 0 saturated heterocycles. The number of carbonyl (C=O) groups excluding carboxylic acids is 1. The van der Waals surface area contributed by atoms with Gasteiger partial charge in [0.25, 0.3) is 5.91 Å². The van der Waals surface area contributed by atoms with E-state index in [9.17, 15) is 18.7 Å².